The Morgan fingerprint density at radius 1 is 1.33 bits per heavy atom. The summed E-state index contributed by atoms with van der Waals surface area (Å²) in [6.07, 6.45) is 3.64. The Balaban J connectivity index is 2.04. The quantitative estimate of drug-likeness (QED) is 0.679. The second-order valence-electron chi connectivity index (χ2n) is 4.30. The van der Waals surface area contributed by atoms with Crippen LogP contribution in [0.5, 0.6) is 0 Å². The van der Waals surface area contributed by atoms with Crippen molar-refractivity contribution in [3.8, 4) is 0 Å². The van der Waals surface area contributed by atoms with Crippen molar-refractivity contribution in [1.29, 1.82) is 0 Å². The molecule has 0 aromatic carbocycles. The Morgan fingerprint density at radius 2 is 2.13 bits per heavy atom. The average molecular weight is 207 g/mol. The van der Waals surface area contributed by atoms with E-state index in [9.17, 15) is 0 Å². The number of hydrogen-bond acceptors (Lipinski definition) is 5. The molecule has 0 amide bonds. The largest absolute Gasteiger partial charge is 0.383 e. The zero-order chi connectivity index (χ0) is 10.8. The van der Waals surface area contributed by atoms with E-state index in [0.29, 0.717) is 11.9 Å². The molecule has 1 heterocycles. The number of nitrogens with zero attached hydrogens (tertiary/aromatic N) is 2. The smallest absolute Gasteiger partial charge is 0.223 e. The number of hydrogen-bond donors (Lipinski definition) is 3. The van der Waals surface area contributed by atoms with Crippen LogP contribution in [-0.2, 0) is 0 Å². The minimum Gasteiger partial charge on any atom is -0.383 e. The number of aromatic nitrogens is 2. The number of rotatable bonds is 2. The molecular weight excluding hydrogens is 190 g/mol. The lowest BCUT2D eigenvalue weighted by atomic mass is 10.1. The molecule has 5 nitrogen and oxygen atoms in total. The third-order valence-electron chi connectivity index (χ3n) is 2.81. The lowest BCUT2D eigenvalue weighted by molar-refractivity contribution is 0.602. The number of anilines is 3. The molecule has 0 bridgehead atoms. The van der Waals surface area contributed by atoms with Gasteiger partial charge in [0, 0.05) is 12.1 Å². The minimum absolute atomic E-state index is 0.226. The highest BCUT2D eigenvalue weighted by Gasteiger charge is 2.21. The van der Waals surface area contributed by atoms with Crippen LogP contribution in [0.25, 0.3) is 0 Å². The van der Waals surface area contributed by atoms with Gasteiger partial charge in [0.1, 0.15) is 11.6 Å². The lowest BCUT2D eigenvalue weighted by Crippen LogP contribution is -2.17. The summed E-state index contributed by atoms with van der Waals surface area (Å²) in [6, 6.07) is 2.22. The summed E-state index contributed by atoms with van der Waals surface area (Å²) < 4.78 is 0. The van der Waals surface area contributed by atoms with E-state index >= 15 is 0 Å². The van der Waals surface area contributed by atoms with Crippen molar-refractivity contribution in [3.63, 3.8) is 0 Å². The first-order chi connectivity index (χ1) is 7.13. The summed E-state index contributed by atoms with van der Waals surface area (Å²) in [6.45, 7) is 2.27. The van der Waals surface area contributed by atoms with Gasteiger partial charge in [-0.25, -0.2) is 0 Å². The Morgan fingerprint density at radius 3 is 2.73 bits per heavy atom. The predicted octanol–water partition coefficient (Wildman–Crippen LogP) is 1.24. The first-order valence-corrected chi connectivity index (χ1v) is 5.30. The molecule has 0 aliphatic heterocycles. The minimum atomic E-state index is 0.226. The number of nitrogens with two attached hydrogens (primary N) is 2. The molecule has 5 N–H and O–H groups in total. The molecule has 1 aliphatic rings. The van der Waals surface area contributed by atoms with Crippen molar-refractivity contribution in [2.75, 3.05) is 16.8 Å². The highest BCUT2D eigenvalue weighted by molar-refractivity contribution is 5.48. The molecule has 1 aromatic heterocycles. The van der Waals surface area contributed by atoms with Gasteiger partial charge >= 0.3 is 0 Å². The molecule has 5 heteroatoms. The number of nitrogen functional groups attached to an aromatic ring is 2. The van der Waals surface area contributed by atoms with Crippen molar-refractivity contribution in [2.24, 2.45) is 5.92 Å². The Hall–Kier alpha value is -1.52. The topological polar surface area (TPSA) is 89.8 Å². The van der Waals surface area contributed by atoms with Crippen molar-refractivity contribution < 1.29 is 0 Å². The fourth-order valence-corrected chi connectivity index (χ4v) is 2.11. The third kappa shape index (κ3) is 2.49. The monoisotopic (exact) mass is 207 g/mol. The molecule has 2 atom stereocenters. The van der Waals surface area contributed by atoms with E-state index in [4.69, 9.17) is 11.5 Å². The van der Waals surface area contributed by atoms with Gasteiger partial charge in [0.05, 0.1) is 0 Å². The highest BCUT2D eigenvalue weighted by atomic mass is 15.1. The summed E-state index contributed by atoms with van der Waals surface area (Å²) in [5.74, 6) is 2.16. The molecular formula is C10H17N5. The Kier molecular flexibility index (Phi) is 2.62. The average Bonchev–Trinajstić information content (AvgIpc) is 2.49. The molecule has 2 unspecified atom stereocenters. The summed E-state index contributed by atoms with van der Waals surface area (Å²) >= 11 is 0. The SMILES string of the molecule is CC1CCC(Nc2cc(N)nc(N)n2)C1. The van der Waals surface area contributed by atoms with Crippen LogP contribution >= 0.6 is 0 Å². The molecule has 1 saturated carbocycles. The first kappa shape index (κ1) is 10.0. The van der Waals surface area contributed by atoms with E-state index in [1.165, 1.54) is 19.3 Å². The van der Waals surface area contributed by atoms with E-state index in [0.717, 1.165) is 11.7 Å². The molecule has 0 saturated heterocycles. The number of nitrogens with one attached hydrogen (secondary N) is 1. The predicted molar refractivity (Wildman–Crippen MR) is 61.3 cm³/mol. The maximum Gasteiger partial charge on any atom is 0.223 e. The van der Waals surface area contributed by atoms with E-state index in [1.54, 1.807) is 6.07 Å². The van der Waals surface area contributed by atoms with Crippen molar-refractivity contribution in [3.05, 3.63) is 6.07 Å². The fourth-order valence-electron chi connectivity index (χ4n) is 2.11. The summed E-state index contributed by atoms with van der Waals surface area (Å²) in [5, 5.41) is 3.34. The van der Waals surface area contributed by atoms with E-state index in [-0.39, 0.29) is 5.95 Å². The zero-order valence-electron chi connectivity index (χ0n) is 8.90. The van der Waals surface area contributed by atoms with Crippen molar-refractivity contribution in [2.45, 2.75) is 32.2 Å². The van der Waals surface area contributed by atoms with E-state index in [2.05, 4.69) is 22.2 Å². The maximum atomic E-state index is 5.59. The standard InChI is InChI=1S/C10H17N5/c1-6-2-3-7(4-6)13-9-5-8(11)14-10(12)15-9/h5-7H,2-4H2,1H3,(H5,11,12,13,14,15). The second-order valence-corrected chi connectivity index (χ2v) is 4.30. The van der Waals surface area contributed by atoms with Crippen LogP contribution < -0.4 is 16.8 Å². The normalized spacial score (nSPS) is 25.4. The van der Waals surface area contributed by atoms with Gasteiger partial charge in [-0.3, -0.25) is 0 Å². The van der Waals surface area contributed by atoms with Gasteiger partial charge < -0.3 is 16.8 Å². The highest BCUT2D eigenvalue weighted by Crippen LogP contribution is 2.27. The Labute approximate surface area is 89.3 Å². The van der Waals surface area contributed by atoms with Gasteiger partial charge in [-0.15, -0.1) is 0 Å². The molecule has 0 spiro atoms. The van der Waals surface area contributed by atoms with Crippen LogP contribution in [0.1, 0.15) is 26.2 Å². The van der Waals surface area contributed by atoms with Crippen LogP contribution in [0.3, 0.4) is 0 Å². The summed E-state index contributed by atoms with van der Waals surface area (Å²) in [7, 11) is 0. The van der Waals surface area contributed by atoms with Gasteiger partial charge in [0.25, 0.3) is 0 Å². The van der Waals surface area contributed by atoms with Gasteiger partial charge in [0.15, 0.2) is 0 Å². The van der Waals surface area contributed by atoms with Crippen LogP contribution in [0.15, 0.2) is 6.07 Å². The van der Waals surface area contributed by atoms with Gasteiger partial charge in [-0.1, -0.05) is 6.92 Å². The third-order valence-corrected chi connectivity index (χ3v) is 2.81. The van der Waals surface area contributed by atoms with Gasteiger partial charge in [-0.2, -0.15) is 9.97 Å². The van der Waals surface area contributed by atoms with Crippen LogP contribution in [0, 0.1) is 5.92 Å². The van der Waals surface area contributed by atoms with E-state index < -0.39 is 0 Å². The van der Waals surface area contributed by atoms with Gasteiger partial charge in [0.2, 0.25) is 5.95 Å². The van der Waals surface area contributed by atoms with Crippen molar-refractivity contribution in [1.82, 2.24) is 9.97 Å². The zero-order valence-corrected chi connectivity index (χ0v) is 8.90. The Bertz CT molecular complexity index is 331. The summed E-state index contributed by atoms with van der Waals surface area (Å²) in [5.41, 5.74) is 11.1. The molecule has 1 aromatic rings. The van der Waals surface area contributed by atoms with Crippen LogP contribution in [0.4, 0.5) is 17.6 Å². The van der Waals surface area contributed by atoms with Gasteiger partial charge in [-0.05, 0) is 25.2 Å². The molecule has 2 rings (SSSR count). The van der Waals surface area contributed by atoms with E-state index in [1.807, 2.05) is 0 Å². The summed E-state index contributed by atoms with van der Waals surface area (Å²) in [4.78, 5) is 7.93. The molecule has 82 valence electrons. The molecule has 0 radical (unpaired) electrons. The lowest BCUT2D eigenvalue weighted by Gasteiger charge is -2.13. The maximum absolute atomic E-state index is 5.59. The van der Waals surface area contributed by atoms with Crippen LogP contribution in [-0.4, -0.2) is 16.0 Å². The molecule has 15 heavy (non-hydrogen) atoms. The molecule has 1 aliphatic carbocycles. The second kappa shape index (κ2) is 3.92. The first-order valence-electron chi connectivity index (χ1n) is 5.30. The molecule has 1 fully saturated rings. The van der Waals surface area contributed by atoms with Crippen molar-refractivity contribution >= 4 is 17.6 Å². The fraction of sp³-hybridized carbons (Fsp3) is 0.600. The van der Waals surface area contributed by atoms with Crippen LogP contribution in [0.2, 0.25) is 0 Å².